The lowest BCUT2D eigenvalue weighted by Crippen LogP contribution is -2.37. The molecule has 0 aromatic heterocycles. The van der Waals surface area contributed by atoms with Crippen LogP contribution in [0, 0.1) is 0 Å². The van der Waals surface area contributed by atoms with Crippen molar-refractivity contribution in [2.24, 2.45) is 0 Å². The molecule has 3 N–H and O–H groups in total. The van der Waals surface area contributed by atoms with Gasteiger partial charge >= 0.3 is 0 Å². The molecule has 0 heterocycles. The standard InChI is InChI=1S/C18H19Cl2N3O4S/c1-2-21-18(25)11-22-17(24)9-12-3-5-13(6-4-12)23-28(26,27)14-7-8-15(19)16(20)10-14/h3-8,10,23H,2,9,11H2,1H3,(H,21,25)(H,22,24). The van der Waals surface area contributed by atoms with Gasteiger partial charge in [0, 0.05) is 12.2 Å². The first kappa shape index (κ1) is 22.0. The minimum Gasteiger partial charge on any atom is -0.355 e. The van der Waals surface area contributed by atoms with Gasteiger partial charge in [-0.25, -0.2) is 8.42 Å². The van der Waals surface area contributed by atoms with Crippen molar-refractivity contribution in [2.45, 2.75) is 18.2 Å². The number of hydrogen-bond acceptors (Lipinski definition) is 4. The Morgan fingerprint density at radius 2 is 1.61 bits per heavy atom. The van der Waals surface area contributed by atoms with Crippen molar-refractivity contribution in [3.63, 3.8) is 0 Å². The second kappa shape index (κ2) is 9.77. The highest BCUT2D eigenvalue weighted by Crippen LogP contribution is 2.26. The molecule has 0 aliphatic rings. The van der Waals surface area contributed by atoms with E-state index in [1.54, 1.807) is 31.2 Å². The van der Waals surface area contributed by atoms with E-state index in [1.165, 1.54) is 18.2 Å². The van der Waals surface area contributed by atoms with Gasteiger partial charge in [-0.2, -0.15) is 0 Å². The predicted octanol–water partition coefficient (Wildman–Crippen LogP) is 2.59. The largest absolute Gasteiger partial charge is 0.355 e. The lowest BCUT2D eigenvalue weighted by molar-refractivity contribution is -0.125. The van der Waals surface area contributed by atoms with E-state index in [9.17, 15) is 18.0 Å². The Hall–Kier alpha value is -2.29. The number of rotatable bonds is 8. The zero-order chi connectivity index (χ0) is 20.7. The highest BCUT2D eigenvalue weighted by molar-refractivity contribution is 7.92. The maximum absolute atomic E-state index is 12.4. The third-order valence-corrected chi connectivity index (χ3v) is 5.71. The van der Waals surface area contributed by atoms with Gasteiger partial charge in [0.25, 0.3) is 10.0 Å². The molecule has 7 nitrogen and oxygen atoms in total. The highest BCUT2D eigenvalue weighted by Gasteiger charge is 2.16. The SMILES string of the molecule is CCNC(=O)CNC(=O)Cc1ccc(NS(=O)(=O)c2ccc(Cl)c(Cl)c2)cc1. The van der Waals surface area contributed by atoms with Crippen molar-refractivity contribution in [1.82, 2.24) is 10.6 Å². The predicted molar refractivity (Wildman–Crippen MR) is 109 cm³/mol. The monoisotopic (exact) mass is 443 g/mol. The van der Waals surface area contributed by atoms with Crippen molar-refractivity contribution in [3.8, 4) is 0 Å². The summed E-state index contributed by atoms with van der Waals surface area (Å²) >= 11 is 11.7. The van der Waals surface area contributed by atoms with Crippen molar-refractivity contribution in [2.75, 3.05) is 17.8 Å². The van der Waals surface area contributed by atoms with Gasteiger partial charge < -0.3 is 10.6 Å². The summed E-state index contributed by atoms with van der Waals surface area (Å²) in [6.45, 7) is 2.19. The van der Waals surface area contributed by atoms with Gasteiger partial charge in [0.05, 0.1) is 27.9 Å². The molecule has 0 saturated carbocycles. The van der Waals surface area contributed by atoms with E-state index in [2.05, 4.69) is 15.4 Å². The summed E-state index contributed by atoms with van der Waals surface area (Å²) in [5, 5.41) is 5.49. The van der Waals surface area contributed by atoms with Crippen LogP contribution in [0.25, 0.3) is 0 Å². The molecule has 2 aromatic rings. The number of carbonyl (C=O) groups is 2. The number of anilines is 1. The third kappa shape index (κ3) is 6.40. The number of hydrogen-bond donors (Lipinski definition) is 3. The van der Waals surface area contributed by atoms with Crippen LogP contribution in [0.3, 0.4) is 0 Å². The Bertz CT molecular complexity index is 963. The number of amides is 2. The fraction of sp³-hybridized carbons (Fsp3) is 0.222. The molecule has 0 unspecified atom stereocenters. The van der Waals surface area contributed by atoms with Crippen LogP contribution in [0.5, 0.6) is 0 Å². The van der Waals surface area contributed by atoms with Crippen LogP contribution in [0.4, 0.5) is 5.69 Å². The molecule has 0 atom stereocenters. The molecule has 150 valence electrons. The zero-order valence-corrected chi connectivity index (χ0v) is 17.3. The van der Waals surface area contributed by atoms with E-state index in [-0.39, 0.29) is 39.7 Å². The van der Waals surface area contributed by atoms with Gasteiger partial charge in [-0.1, -0.05) is 35.3 Å². The second-order valence-electron chi connectivity index (χ2n) is 5.79. The second-order valence-corrected chi connectivity index (χ2v) is 8.28. The zero-order valence-electron chi connectivity index (χ0n) is 15.0. The lowest BCUT2D eigenvalue weighted by Gasteiger charge is -2.10. The number of sulfonamides is 1. The Morgan fingerprint density at radius 1 is 0.929 bits per heavy atom. The summed E-state index contributed by atoms with van der Waals surface area (Å²) < 4.78 is 27.3. The summed E-state index contributed by atoms with van der Waals surface area (Å²) in [7, 11) is -3.83. The Labute approximate surface area is 173 Å². The number of benzene rings is 2. The number of nitrogens with one attached hydrogen (secondary N) is 3. The van der Waals surface area contributed by atoms with Gasteiger partial charge in [-0.05, 0) is 42.8 Å². The molecule has 0 radical (unpaired) electrons. The van der Waals surface area contributed by atoms with E-state index >= 15 is 0 Å². The van der Waals surface area contributed by atoms with Crippen molar-refractivity contribution in [1.29, 1.82) is 0 Å². The van der Waals surface area contributed by atoms with Crippen molar-refractivity contribution >= 4 is 50.7 Å². The van der Waals surface area contributed by atoms with Crippen LogP contribution < -0.4 is 15.4 Å². The number of carbonyl (C=O) groups excluding carboxylic acids is 2. The van der Waals surface area contributed by atoms with Crippen molar-refractivity contribution in [3.05, 3.63) is 58.1 Å². The first-order valence-corrected chi connectivity index (χ1v) is 10.6. The number of likely N-dealkylation sites (N-methyl/N-ethyl adjacent to an activating group) is 1. The third-order valence-electron chi connectivity index (χ3n) is 3.59. The summed E-state index contributed by atoms with van der Waals surface area (Å²) in [4.78, 5) is 23.2. The first-order valence-electron chi connectivity index (χ1n) is 8.31. The molecule has 2 aromatic carbocycles. The average Bonchev–Trinajstić information content (AvgIpc) is 2.64. The lowest BCUT2D eigenvalue weighted by atomic mass is 10.1. The van der Waals surface area contributed by atoms with Crippen LogP contribution in [0.1, 0.15) is 12.5 Å². The minimum absolute atomic E-state index is 0.0179. The number of halogens is 2. The first-order chi connectivity index (χ1) is 13.2. The van der Waals surface area contributed by atoms with Gasteiger partial charge in [0.15, 0.2) is 0 Å². The molecule has 2 rings (SSSR count). The molecule has 0 spiro atoms. The maximum Gasteiger partial charge on any atom is 0.261 e. The van der Waals surface area contributed by atoms with Gasteiger partial charge in [0.2, 0.25) is 11.8 Å². The molecule has 0 aliphatic carbocycles. The quantitative estimate of drug-likeness (QED) is 0.582. The summed E-state index contributed by atoms with van der Waals surface area (Å²) in [5.41, 5.74) is 1.00. The van der Waals surface area contributed by atoms with E-state index in [1.807, 2.05) is 0 Å². The Kier molecular flexibility index (Phi) is 7.68. The molecular formula is C18H19Cl2N3O4S. The Balaban J connectivity index is 1.97. The van der Waals surface area contributed by atoms with E-state index in [0.29, 0.717) is 17.8 Å². The molecule has 28 heavy (non-hydrogen) atoms. The summed E-state index contributed by atoms with van der Waals surface area (Å²) in [6.07, 6.45) is 0.0687. The van der Waals surface area contributed by atoms with E-state index in [0.717, 1.165) is 0 Å². The van der Waals surface area contributed by atoms with Crippen LogP contribution in [0.15, 0.2) is 47.4 Å². The summed E-state index contributed by atoms with van der Waals surface area (Å²) in [6, 6.07) is 10.4. The molecule has 0 bridgehead atoms. The summed E-state index contributed by atoms with van der Waals surface area (Å²) in [5.74, 6) is -0.571. The normalized spacial score (nSPS) is 11.0. The smallest absolute Gasteiger partial charge is 0.261 e. The van der Waals surface area contributed by atoms with E-state index < -0.39 is 10.0 Å². The van der Waals surface area contributed by atoms with Gasteiger partial charge in [-0.3, -0.25) is 14.3 Å². The van der Waals surface area contributed by atoms with Crippen LogP contribution in [0.2, 0.25) is 10.0 Å². The van der Waals surface area contributed by atoms with Crippen LogP contribution in [-0.4, -0.2) is 33.3 Å². The molecule has 10 heteroatoms. The fourth-order valence-corrected chi connectivity index (χ4v) is 3.68. The Morgan fingerprint density at radius 3 is 2.21 bits per heavy atom. The molecule has 0 saturated heterocycles. The van der Waals surface area contributed by atoms with E-state index in [4.69, 9.17) is 23.2 Å². The van der Waals surface area contributed by atoms with Gasteiger partial charge in [0.1, 0.15) is 0 Å². The molecule has 2 amide bonds. The minimum atomic E-state index is -3.83. The van der Waals surface area contributed by atoms with Gasteiger partial charge in [-0.15, -0.1) is 0 Å². The van der Waals surface area contributed by atoms with Crippen LogP contribution >= 0.6 is 23.2 Å². The fourth-order valence-electron chi connectivity index (χ4n) is 2.24. The van der Waals surface area contributed by atoms with Crippen molar-refractivity contribution < 1.29 is 18.0 Å². The maximum atomic E-state index is 12.4. The average molecular weight is 444 g/mol. The van der Waals surface area contributed by atoms with Crippen LogP contribution in [-0.2, 0) is 26.0 Å². The molecule has 0 fully saturated rings. The highest BCUT2D eigenvalue weighted by atomic mass is 35.5. The molecule has 0 aliphatic heterocycles. The molecular weight excluding hydrogens is 425 g/mol. The topological polar surface area (TPSA) is 104 Å².